The molecule has 2 aromatic rings. The number of hydrogen-bond acceptors (Lipinski definition) is 6. The Labute approximate surface area is 155 Å². The summed E-state index contributed by atoms with van der Waals surface area (Å²) in [6.07, 6.45) is 0. The molecule has 0 fully saturated rings. The summed E-state index contributed by atoms with van der Waals surface area (Å²) in [6.45, 7) is 3.56. The number of nitrogens with zero attached hydrogens (tertiary/aromatic N) is 1. The molecule has 0 saturated carbocycles. The van der Waals surface area contributed by atoms with E-state index < -0.39 is 0 Å². The van der Waals surface area contributed by atoms with E-state index in [1.807, 2.05) is 6.92 Å². The van der Waals surface area contributed by atoms with Crippen molar-refractivity contribution in [2.75, 3.05) is 29.2 Å². The van der Waals surface area contributed by atoms with Crippen LogP contribution in [-0.4, -0.2) is 41.4 Å². The largest absolute Gasteiger partial charge is 0.360 e. The second kappa shape index (κ2) is 9.04. The lowest BCUT2D eigenvalue weighted by molar-refractivity contribution is -0.114. The van der Waals surface area contributed by atoms with Crippen molar-refractivity contribution in [2.24, 2.45) is 0 Å². The van der Waals surface area contributed by atoms with Crippen LogP contribution in [0.1, 0.15) is 21.7 Å². The highest BCUT2D eigenvalue weighted by Crippen LogP contribution is 2.17. The summed E-state index contributed by atoms with van der Waals surface area (Å²) in [5.74, 6) is 0.410. The molecule has 0 aliphatic heterocycles. The van der Waals surface area contributed by atoms with Gasteiger partial charge in [-0.2, -0.15) is 0 Å². The van der Waals surface area contributed by atoms with Gasteiger partial charge in [0.05, 0.1) is 11.5 Å². The fourth-order valence-corrected chi connectivity index (χ4v) is 2.69. The fraction of sp³-hybridized carbons (Fsp3) is 0.294. The number of amides is 3. The van der Waals surface area contributed by atoms with Gasteiger partial charge in [-0.15, -0.1) is 11.8 Å². The Balaban J connectivity index is 1.81. The predicted molar refractivity (Wildman–Crippen MR) is 100 cm³/mol. The Bertz CT molecular complexity index is 819. The Hall–Kier alpha value is -2.81. The monoisotopic (exact) mass is 376 g/mol. The van der Waals surface area contributed by atoms with Gasteiger partial charge >= 0.3 is 0 Å². The topological polar surface area (TPSA) is 113 Å². The quantitative estimate of drug-likeness (QED) is 0.681. The zero-order valence-electron chi connectivity index (χ0n) is 14.7. The van der Waals surface area contributed by atoms with Crippen molar-refractivity contribution >= 4 is 41.0 Å². The van der Waals surface area contributed by atoms with Gasteiger partial charge in [0, 0.05) is 24.4 Å². The van der Waals surface area contributed by atoms with E-state index in [4.69, 9.17) is 4.52 Å². The summed E-state index contributed by atoms with van der Waals surface area (Å²) in [5.41, 5.74) is 1.87. The van der Waals surface area contributed by atoms with Crippen LogP contribution in [0, 0.1) is 13.8 Å². The minimum absolute atomic E-state index is 0.106. The van der Waals surface area contributed by atoms with Crippen molar-refractivity contribution < 1.29 is 18.9 Å². The zero-order chi connectivity index (χ0) is 19.1. The van der Waals surface area contributed by atoms with Gasteiger partial charge in [-0.1, -0.05) is 11.2 Å². The molecule has 9 heteroatoms. The maximum atomic E-state index is 12.1. The minimum Gasteiger partial charge on any atom is -0.360 e. The van der Waals surface area contributed by atoms with Crippen LogP contribution >= 0.6 is 11.8 Å². The Morgan fingerprint density at radius 1 is 1.08 bits per heavy atom. The first-order valence-corrected chi connectivity index (χ1v) is 8.98. The molecular formula is C17H20N4O4S. The van der Waals surface area contributed by atoms with Crippen LogP contribution in [-0.2, 0) is 9.59 Å². The molecule has 26 heavy (non-hydrogen) atoms. The lowest BCUT2D eigenvalue weighted by Gasteiger charge is -2.10. The van der Waals surface area contributed by atoms with Crippen LogP contribution in [0.2, 0.25) is 0 Å². The number of benzene rings is 1. The van der Waals surface area contributed by atoms with Crippen molar-refractivity contribution in [3.8, 4) is 0 Å². The molecule has 1 aromatic heterocycles. The van der Waals surface area contributed by atoms with Crippen LogP contribution in [0.25, 0.3) is 0 Å². The van der Waals surface area contributed by atoms with E-state index in [2.05, 4.69) is 21.1 Å². The number of hydrogen-bond donors (Lipinski definition) is 3. The van der Waals surface area contributed by atoms with E-state index in [0.29, 0.717) is 22.8 Å². The van der Waals surface area contributed by atoms with Gasteiger partial charge in [0.25, 0.3) is 5.91 Å². The van der Waals surface area contributed by atoms with Crippen LogP contribution in [0.4, 0.5) is 11.5 Å². The number of aromatic nitrogens is 1. The molecule has 8 nitrogen and oxygen atoms in total. The lowest BCUT2D eigenvalue weighted by atomic mass is 10.1. The van der Waals surface area contributed by atoms with Crippen LogP contribution in [0.15, 0.2) is 28.8 Å². The third-order valence-corrected chi connectivity index (χ3v) is 4.30. The lowest BCUT2D eigenvalue weighted by Crippen LogP contribution is -2.20. The van der Waals surface area contributed by atoms with E-state index in [1.54, 1.807) is 38.2 Å². The fourth-order valence-electron chi connectivity index (χ4n) is 2.07. The van der Waals surface area contributed by atoms with E-state index in [-0.39, 0.29) is 29.2 Å². The molecule has 138 valence electrons. The van der Waals surface area contributed by atoms with Gasteiger partial charge in [-0.05, 0) is 31.5 Å². The van der Waals surface area contributed by atoms with Crippen LogP contribution in [0.5, 0.6) is 0 Å². The highest BCUT2D eigenvalue weighted by Gasteiger charge is 2.11. The molecule has 0 bridgehead atoms. The number of aryl methyl sites for hydroxylation is 2. The first-order chi connectivity index (χ1) is 12.4. The number of carbonyl (C=O) groups is 3. The molecule has 0 spiro atoms. The highest BCUT2D eigenvalue weighted by atomic mass is 32.2. The zero-order valence-corrected chi connectivity index (χ0v) is 15.5. The molecule has 0 aliphatic carbocycles. The second-order valence-electron chi connectivity index (χ2n) is 5.52. The van der Waals surface area contributed by atoms with Crippen molar-refractivity contribution in [3.05, 3.63) is 41.2 Å². The average molecular weight is 376 g/mol. The molecule has 0 saturated heterocycles. The van der Waals surface area contributed by atoms with Crippen molar-refractivity contribution in [3.63, 3.8) is 0 Å². The molecule has 0 radical (unpaired) electrons. The highest BCUT2D eigenvalue weighted by molar-refractivity contribution is 8.00. The SMILES string of the molecule is CNC(=O)c1ccc(C)c(NC(=O)CSCC(=O)Nc2cc(C)on2)c1. The minimum atomic E-state index is -0.270. The summed E-state index contributed by atoms with van der Waals surface area (Å²) < 4.78 is 4.86. The summed E-state index contributed by atoms with van der Waals surface area (Å²) in [7, 11) is 1.54. The smallest absolute Gasteiger partial charge is 0.251 e. The van der Waals surface area contributed by atoms with Gasteiger partial charge in [0.1, 0.15) is 5.76 Å². The summed E-state index contributed by atoms with van der Waals surface area (Å²) in [6, 6.07) is 6.68. The number of thioether (sulfide) groups is 1. The molecular weight excluding hydrogens is 356 g/mol. The molecule has 1 heterocycles. The molecule has 0 unspecified atom stereocenters. The Morgan fingerprint density at radius 2 is 1.77 bits per heavy atom. The summed E-state index contributed by atoms with van der Waals surface area (Å²) >= 11 is 1.17. The van der Waals surface area contributed by atoms with Gasteiger partial charge in [0.15, 0.2) is 5.82 Å². The summed E-state index contributed by atoms with van der Waals surface area (Å²) in [5, 5.41) is 11.5. The molecule has 3 amide bonds. The van der Waals surface area contributed by atoms with Gasteiger partial charge in [0.2, 0.25) is 11.8 Å². The number of carbonyl (C=O) groups excluding carboxylic acids is 3. The maximum absolute atomic E-state index is 12.1. The first kappa shape index (κ1) is 19.5. The van der Waals surface area contributed by atoms with E-state index >= 15 is 0 Å². The normalized spacial score (nSPS) is 10.3. The predicted octanol–water partition coefficient (Wildman–Crippen LogP) is 1.96. The number of anilines is 2. The van der Waals surface area contributed by atoms with Crippen molar-refractivity contribution in [2.45, 2.75) is 13.8 Å². The van der Waals surface area contributed by atoms with Gasteiger partial charge < -0.3 is 20.5 Å². The maximum Gasteiger partial charge on any atom is 0.251 e. The molecule has 0 aliphatic rings. The van der Waals surface area contributed by atoms with E-state index in [0.717, 1.165) is 5.56 Å². The first-order valence-electron chi connectivity index (χ1n) is 7.82. The third kappa shape index (κ3) is 5.62. The molecule has 0 atom stereocenters. The molecule has 3 N–H and O–H groups in total. The van der Waals surface area contributed by atoms with Crippen molar-refractivity contribution in [1.29, 1.82) is 0 Å². The van der Waals surface area contributed by atoms with E-state index in [9.17, 15) is 14.4 Å². The molecule has 2 rings (SSSR count). The number of rotatable bonds is 7. The average Bonchev–Trinajstić information content (AvgIpc) is 3.00. The third-order valence-electron chi connectivity index (χ3n) is 3.36. The number of nitrogens with one attached hydrogen (secondary N) is 3. The van der Waals surface area contributed by atoms with E-state index in [1.165, 1.54) is 11.8 Å². The van der Waals surface area contributed by atoms with Crippen molar-refractivity contribution in [1.82, 2.24) is 10.5 Å². The van der Waals surface area contributed by atoms with Gasteiger partial charge in [-0.25, -0.2) is 0 Å². The Kier molecular flexibility index (Phi) is 6.79. The molecule has 1 aromatic carbocycles. The summed E-state index contributed by atoms with van der Waals surface area (Å²) in [4.78, 5) is 35.5. The standard InChI is InChI=1S/C17H20N4O4S/c1-10-4-5-12(17(24)18-3)7-13(10)19-15(22)8-26-9-16(23)20-14-6-11(2)25-21-14/h4-7H,8-9H2,1-3H3,(H,18,24)(H,19,22)(H,20,21,23). The second-order valence-corrected chi connectivity index (χ2v) is 6.51. The van der Waals surface area contributed by atoms with Gasteiger partial charge in [-0.3, -0.25) is 14.4 Å². The van der Waals surface area contributed by atoms with Crippen LogP contribution < -0.4 is 16.0 Å². The van der Waals surface area contributed by atoms with Crippen LogP contribution in [0.3, 0.4) is 0 Å². The Morgan fingerprint density at radius 3 is 2.38 bits per heavy atom.